The highest BCUT2D eigenvalue weighted by atomic mass is 16.2. The van der Waals surface area contributed by atoms with E-state index < -0.39 is 0 Å². The molecule has 0 saturated heterocycles. The van der Waals surface area contributed by atoms with Crippen LogP contribution in [-0.4, -0.2) is 21.7 Å². The molecule has 0 aliphatic heterocycles. The van der Waals surface area contributed by atoms with Crippen LogP contribution in [0.5, 0.6) is 0 Å². The first-order valence-corrected chi connectivity index (χ1v) is 6.98. The van der Waals surface area contributed by atoms with Crippen LogP contribution in [0.15, 0.2) is 64.8 Å². The molecule has 0 aliphatic rings. The van der Waals surface area contributed by atoms with E-state index in [9.17, 15) is 9.59 Å². The minimum atomic E-state index is -0.376. The number of carbonyl (C=O) groups is 1. The minimum Gasteiger partial charge on any atom is -0.318 e. The van der Waals surface area contributed by atoms with Crippen molar-refractivity contribution in [3.63, 3.8) is 0 Å². The van der Waals surface area contributed by atoms with Gasteiger partial charge in [0.25, 0.3) is 5.91 Å². The summed E-state index contributed by atoms with van der Waals surface area (Å²) in [5.41, 5.74) is 4.39. The van der Waals surface area contributed by atoms with Gasteiger partial charge in [0.15, 0.2) is 0 Å². The van der Waals surface area contributed by atoms with Crippen molar-refractivity contribution in [3.05, 3.63) is 76.3 Å². The standard InChI is InChI=1S/C17H14N4O2/c1-21-11-14(5-7-16(21)22)17(23)20-19-10-12-4-6-15-13(9-12)3-2-8-18-15/h2-11H,1H3,(H,20,23)/b19-10+. The van der Waals surface area contributed by atoms with Crippen LogP contribution in [0.3, 0.4) is 0 Å². The monoisotopic (exact) mass is 306 g/mol. The molecule has 1 aromatic carbocycles. The van der Waals surface area contributed by atoms with E-state index in [1.807, 2.05) is 30.3 Å². The molecule has 6 nitrogen and oxygen atoms in total. The molecule has 2 heterocycles. The Balaban J connectivity index is 1.73. The topological polar surface area (TPSA) is 76.3 Å². The summed E-state index contributed by atoms with van der Waals surface area (Å²) in [4.78, 5) is 27.5. The molecule has 0 fully saturated rings. The molecule has 3 aromatic rings. The van der Waals surface area contributed by atoms with Crippen LogP contribution in [-0.2, 0) is 7.05 Å². The Labute approximate surface area is 132 Å². The number of hydrogen-bond donors (Lipinski definition) is 1. The SMILES string of the molecule is Cn1cc(C(=O)N/N=C/c2ccc3ncccc3c2)ccc1=O. The predicted molar refractivity (Wildman–Crippen MR) is 88.5 cm³/mol. The molecule has 3 rings (SSSR count). The molecule has 2 aromatic heterocycles. The van der Waals surface area contributed by atoms with Crippen LogP contribution < -0.4 is 11.0 Å². The fourth-order valence-corrected chi connectivity index (χ4v) is 2.13. The lowest BCUT2D eigenvalue weighted by atomic mass is 10.1. The van der Waals surface area contributed by atoms with Crippen molar-refractivity contribution < 1.29 is 4.79 Å². The van der Waals surface area contributed by atoms with Gasteiger partial charge in [-0.25, -0.2) is 5.43 Å². The van der Waals surface area contributed by atoms with Crippen molar-refractivity contribution >= 4 is 23.0 Å². The van der Waals surface area contributed by atoms with Gasteiger partial charge in [0.1, 0.15) is 0 Å². The summed E-state index contributed by atoms with van der Waals surface area (Å²) in [7, 11) is 1.59. The lowest BCUT2D eigenvalue weighted by Crippen LogP contribution is -2.22. The van der Waals surface area contributed by atoms with Crippen molar-refractivity contribution in [2.24, 2.45) is 12.1 Å². The first kappa shape index (κ1) is 14.6. The maximum absolute atomic E-state index is 12.0. The molecule has 0 spiro atoms. The van der Waals surface area contributed by atoms with E-state index in [0.717, 1.165) is 16.5 Å². The third kappa shape index (κ3) is 3.32. The first-order valence-electron chi connectivity index (χ1n) is 6.98. The average molecular weight is 306 g/mol. The number of nitrogens with one attached hydrogen (secondary N) is 1. The second kappa shape index (κ2) is 6.23. The molecule has 0 bridgehead atoms. The molecule has 114 valence electrons. The zero-order chi connectivity index (χ0) is 16.2. The van der Waals surface area contributed by atoms with Crippen LogP contribution in [0, 0.1) is 0 Å². The molecule has 0 radical (unpaired) electrons. The van der Waals surface area contributed by atoms with Gasteiger partial charge in [-0.3, -0.25) is 14.6 Å². The summed E-state index contributed by atoms with van der Waals surface area (Å²) in [6, 6.07) is 12.3. The summed E-state index contributed by atoms with van der Waals surface area (Å²) in [5, 5.41) is 4.95. The summed E-state index contributed by atoms with van der Waals surface area (Å²) < 4.78 is 1.34. The Hall–Kier alpha value is -3.28. The highest BCUT2D eigenvalue weighted by Crippen LogP contribution is 2.11. The van der Waals surface area contributed by atoms with Crippen molar-refractivity contribution in [1.82, 2.24) is 15.0 Å². The van der Waals surface area contributed by atoms with Gasteiger partial charge < -0.3 is 4.57 Å². The second-order valence-electron chi connectivity index (χ2n) is 5.02. The largest absolute Gasteiger partial charge is 0.318 e. The lowest BCUT2D eigenvalue weighted by Gasteiger charge is -2.02. The van der Waals surface area contributed by atoms with Crippen LogP contribution >= 0.6 is 0 Å². The molecule has 23 heavy (non-hydrogen) atoms. The Morgan fingerprint density at radius 1 is 1.26 bits per heavy atom. The third-order valence-corrected chi connectivity index (χ3v) is 3.35. The highest BCUT2D eigenvalue weighted by molar-refractivity contribution is 5.95. The molecule has 0 aliphatic carbocycles. The highest BCUT2D eigenvalue weighted by Gasteiger charge is 2.04. The van der Waals surface area contributed by atoms with Gasteiger partial charge in [-0.05, 0) is 29.8 Å². The summed E-state index contributed by atoms with van der Waals surface area (Å²) in [5.74, 6) is -0.376. The van der Waals surface area contributed by atoms with Crippen molar-refractivity contribution in [1.29, 1.82) is 0 Å². The van der Waals surface area contributed by atoms with Gasteiger partial charge in [0.2, 0.25) is 5.56 Å². The smallest absolute Gasteiger partial charge is 0.272 e. The maximum Gasteiger partial charge on any atom is 0.272 e. The summed E-state index contributed by atoms with van der Waals surface area (Å²) in [6.07, 6.45) is 4.77. The number of carbonyl (C=O) groups excluding carboxylic acids is 1. The maximum atomic E-state index is 12.0. The van der Waals surface area contributed by atoms with Gasteiger partial charge in [0, 0.05) is 30.9 Å². The second-order valence-corrected chi connectivity index (χ2v) is 5.02. The zero-order valence-electron chi connectivity index (χ0n) is 12.4. The average Bonchev–Trinajstić information content (AvgIpc) is 2.57. The number of hydrogen-bond acceptors (Lipinski definition) is 4. The number of nitrogens with zero attached hydrogens (tertiary/aromatic N) is 3. The number of fused-ring (bicyclic) bond motifs is 1. The molecular formula is C17H14N4O2. The number of aryl methyl sites for hydroxylation is 1. The Kier molecular flexibility index (Phi) is 3.97. The van der Waals surface area contributed by atoms with Gasteiger partial charge >= 0.3 is 0 Å². The van der Waals surface area contributed by atoms with Crippen molar-refractivity contribution in [2.45, 2.75) is 0 Å². The number of pyridine rings is 2. The van der Waals surface area contributed by atoms with Gasteiger partial charge in [-0.1, -0.05) is 12.1 Å². The number of amides is 1. The Bertz CT molecular complexity index is 960. The van der Waals surface area contributed by atoms with Crippen LogP contribution in [0.2, 0.25) is 0 Å². The molecule has 1 amide bonds. The van der Waals surface area contributed by atoms with E-state index in [2.05, 4.69) is 15.5 Å². The Morgan fingerprint density at radius 2 is 2.13 bits per heavy atom. The van der Waals surface area contributed by atoms with Crippen LogP contribution in [0.25, 0.3) is 10.9 Å². The third-order valence-electron chi connectivity index (χ3n) is 3.35. The number of rotatable bonds is 3. The van der Waals surface area contributed by atoms with E-state index in [-0.39, 0.29) is 11.5 Å². The van der Waals surface area contributed by atoms with E-state index in [0.29, 0.717) is 5.56 Å². The van der Waals surface area contributed by atoms with E-state index >= 15 is 0 Å². The van der Waals surface area contributed by atoms with Gasteiger partial charge in [-0.15, -0.1) is 0 Å². The molecule has 0 atom stereocenters. The van der Waals surface area contributed by atoms with Crippen molar-refractivity contribution in [3.8, 4) is 0 Å². The quantitative estimate of drug-likeness (QED) is 0.591. The van der Waals surface area contributed by atoms with E-state index in [1.165, 1.54) is 22.9 Å². The molecule has 6 heteroatoms. The normalized spacial score (nSPS) is 11.0. The number of benzene rings is 1. The molecule has 0 unspecified atom stereocenters. The predicted octanol–water partition coefficient (Wildman–Crippen LogP) is 1.70. The van der Waals surface area contributed by atoms with Gasteiger partial charge in [0.05, 0.1) is 17.3 Å². The van der Waals surface area contributed by atoms with Crippen LogP contribution in [0.1, 0.15) is 15.9 Å². The lowest BCUT2D eigenvalue weighted by molar-refractivity contribution is 0.0954. The van der Waals surface area contributed by atoms with E-state index in [1.54, 1.807) is 19.5 Å². The zero-order valence-corrected chi connectivity index (χ0v) is 12.4. The summed E-state index contributed by atoms with van der Waals surface area (Å²) in [6.45, 7) is 0. The fraction of sp³-hybridized carbons (Fsp3) is 0.0588. The fourth-order valence-electron chi connectivity index (χ4n) is 2.13. The first-order chi connectivity index (χ1) is 11.1. The molecular weight excluding hydrogens is 292 g/mol. The molecule has 0 saturated carbocycles. The number of aromatic nitrogens is 2. The van der Waals surface area contributed by atoms with E-state index in [4.69, 9.17) is 0 Å². The van der Waals surface area contributed by atoms with Crippen LogP contribution in [0.4, 0.5) is 0 Å². The summed E-state index contributed by atoms with van der Waals surface area (Å²) >= 11 is 0. The minimum absolute atomic E-state index is 0.171. The van der Waals surface area contributed by atoms with Gasteiger partial charge in [-0.2, -0.15) is 5.10 Å². The molecule has 1 N–H and O–H groups in total. The Morgan fingerprint density at radius 3 is 2.96 bits per heavy atom. The number of hydrazone groups is 1. The van der Waals surface area contributed by atoms with Crippen molar-refractivity contribution in [2.75, 3.05) is 0 Å².